The van der Waals surface area contributed by atoms with Crippen molar-refractivity contribution in [1.82, 2.24) is 0 Å². The zero-order valence-electron chi connectivity index (χ0n) is 15.2. The van der Waals surface area contributed by atoms with Gasteiger partial charge in [0, 0.05) is 0 Å². The van der Waals surface area contributed by atoms with Gasteiger partial charge in [-0.25, -0.2) is 0 Å². The Kier molecular flexibility index (Phi) is 19.0. The van der Waals surface area contributed by atoms with Gasteiger partial charge in [0.2, 0.25) is 0 Å². The maximum atomic E-state index is 10.2. The average molecular weight is 348 g/mol. The smallest absolute Gasteiger partial charge is 0.305 e. The number of hydrogen-bond donors (Lipinski definition) is 4. The van der Waals surface area contributed by atoms with E-state index in [0.717, 1.165) is 32.1 Å². The molecule has 0 aliphatic heterocycles. The second-order valence-electron chi connectivity index (χ2n) is 6.20. The molecule has 0 aromatic heterocycles. The fourth-order valence-corrected chi connectivity index (χ4v) is 2.22. The first-order valence-corrected chi connectivity index (χ1v) is 9.13. The summed E-state index contributed by atoms with van der Waals surface area (Å²) in [5.41, 5.74) is 0. The van der Waals surface area contributed by atoms with Crippen LogP contribution in [0.3, 0.4) is 0 Å². The van der Waals surface area contributed by atoms with Crippen LogP contribution in [0.4, 0.5) is 0 Å². The standard InChI is InChI=1S/C10H20O3.C8H16O3/c1-2-3-4-5-6-7-9(11)8-10(12)13;1-2-3-4-5-7(9)6-8(10)11/h9,11H,2-8H2,1H3,(H,12,13);7,9H,2-6H2,1H3,(H,10,11). The van der Waals surface area contributed by atoms with E-state index in [0.29, 0.717) is 12.8 Å². The molecule has 0 radical (unpaired) electrons. The third-order valence-electron chi connectivity index (χ3n) is 3.60. The second-order valence-corrected chi connectivity index (χ2v) is 6.20. The zero-order valence-corrected chi connectivity index (χ0v) is 15.2. The van der Waals surface area contributed by atoms with E-state index in [2.05, 4.69) is 13.8 Å². The van der Waals surface area contributed by atoms with Crippen LogP contribution >= 0.6 is 0 Å². The average Bonchev–Trinajstić information content (AvgIpc) is 2.46. The SMILES string of the molecule is CCCCCC(O)CC(=O)O.CCCCCCCC(O)CC(=O)O. The molecule has 0 aromatic carbocycles. The fourth-order valence-electron chi connectivity index (χ4n) is 2.22. The van der Waals surface area contributed by atoms with Crippen molar-refractivity contribution in [2.75, 3.05) is 0 Å². The predicted molar refractivity (Wildman–Crippen MR) is 94.0 cm³/mol. The fraction of sp³-hybridized carbons (Fsp3) is 0.889. The van der Waals surface area contributed by atoms with Crippen molar-refractivity contribution < 1.29 is 30.0 Å². The first-order chi connectivity index (χ1) is 11.3. The van der Waals surface area contributed by atoms with E-state index < -0.39 is 24.1 Å². The highest BCUT2D eigenvalue weighted by atomic mass is 16.4. The van der Waals surface area contributed by atoms with Gasteiger partial charge in [-0.15, -0.1) is 0 Å². The summed E-state index contributed by atoms with van der Waals surface area (Å²) in [6.07, 6.45) is 8.44. The summed E-state index contributed by atoms with van der Waals surface area (Å²) in [7, 11) is 0. The molecule has 0 aromatic rings. The predicted octanol–water partition coefficient (Wildman–Crippen LogP) is 3.58. The molecule has 0 spiro atoms. The molecule has 4 N–H and O–H groups in total. The van der Waals surface area contributed by atoms with Gasteiger partial charge in [0.05, 0.1) is 25.0 Å². The Labute approximate surface area is 145 Å². The van der Waals surface area contributed by atoms with E-state index in [1.807, 2.05) is 0 Å². The Morgan fingerprint density at radius 2 is 1.00 bits per heavy atom. The summed E-state index contributed by atoms with van der Waals surface area (Å²) in [6.45, 7) is 4.23. The van der Waals surface area contributed by atoms with Crippen LogP contribution in [-0.2, 0) is 9.59 Å². The van der Waals surface area contributed by atoms with Gasteiger partial charge in [-0.1, -0.05) is 65.2 Å². The Balaban J connectivity index is 0. The normalized spacial score (nSPS) is 12.8. The summed E-state index contributed by atoms with van der Waals surface area (Å²) in [5.74, 6) is -1.84. The van der Waals surface area contributed by atoms with Gasteiger partial charge < -0.3 is 20.4 Å². The number of unbranched alkanes of at least 4 members (excludes halogenated alkanes) is 6. The molecule has 0 amide bonds. The lowest BCUT2D eigenvalue weighted by Crippen LogP contribution is -2.12. The Hall–Kier alpha value is -1.14. The van der Waals surface area contributed by atoms with E-state index in [9.17, 15) is 14.7 Å². The van der Waals surface area contributed by atoms with Crippen molar-refractivity contribution in [3.63, 3.8) is 0 Å². The van der Waals surface area contributed by atoms with Crippen molar-refractivity contribution in [3.8, 4) is 0 Å². The van der Waals surface area contributed by atoms with Gasteiger partial charge in [0.1, 0.15) is 0 Å². The van der Waals surface area contributed by atoms with Gasteiger partial charge in [-0.3, -0.25) is 9.59 Å². The Morgan fingerprint density at radius 3 is 1.38 bits per heavy atom. The van der Waals surface area contributed by atoms with Crippen molar-refractivity contribution in [2.45, 2.75) is 103 Å². The molecule has 0 bridgehead atoms. The first kappa shape index (κ1) is 25.1. The maximum Gasteiger partial charge on any atom is 0.305 e. The topological polar surface area (TPSA) is 115 Å². The summed E-state index contributed by atoms with van der Waals surface area (Å²) in [5, 5.41) is 34.9. The molecule has 144 valence electrons. The van der Waals surface area contributed by atoms with Crippen LogP contribution in [0, 0.1) is 0 Å². The van der Waals surface area contributed by atoms with Gasteiger partial charge in [0.15, 0.2) is 0 Å². The van der Waals surface area contributed by atoms with Crippen LogP contribution in [0.1, 0.15) is 90.9 Å². The molecule has 24 heavy (non-hydrogen) atoms. The Morgan fingerprint density at radius 1 is 0.667 bits per heavy atom. The number of carbonyl (C=O) groups is 2. The molecule has 0 rings (SSSR count). The van der Waals surface area contributed by atoms with Crippen LogP contribution in [-0.4, -0.2) is 44.6 Å². The molecule has 0 heterocycles. The molecular formula is C18H36O6. The molecule has 2 unspecified atom stereocenters. The highest BCUT2D eigenvalue weighted by Gasteiger charge is 2.08. The molecule has 0 fully saturated rings. The third-order valence-corrected chi connectivity index (χ3v) is 3.60. The molecule has 0 saturated heterocycles. The molecule has 6 nitrogen and oxygen atoms in total. The minimum atomic E-state index is -0.922. The van der Waals surface area contributed by atoms with Crippen LogP contribution < -0.4 is 0 Å². The lowest BCUT2D eigenvalue weighted by Gasteiger charge is -2.06. The van der Waals surface area contributed by atoms with E-state index in [1.165, 1.54) is 19.3 Å². The number of carboxylic acid groups (broad SMARTS) is 2. The monoisotopic (exact) mass is 348 g/mol. The largest absolute Gasteiger partial charge is 0.481 e. The quantitative estimate of drug-likeness (QED) is 0.357. The van der Waals surface area contributed by atoms with Gasteiger partial charge >= 0.3 is 11.9 Å². The lowest BCUT2D eigenvalue weighted by molar-refractivity contribution is -0.140. The van der Waals surface area contributed by atoms with Crippen molar-refractivity contribution in [1.29, 1.82) is 0 Å². The molecule has 2 atom stereocenters. The highest BCUT2D eigenvalue weighted by Crippen LogP contribution is 2.09. The zero-order chi connectivity index (χ0) is 18.8. The molecule has 0 aliphatic rings. The molecule has 0 saturated carbocycles. The molecular weight excluding hydrogens is 312 g/mol. The summed E-state index contributed by atoms with van der Waals surface area (Å²) in [4.78, 5) is 20.3. The second kappa shape index (κ2) is 18.2. The number of aliphatic carboxylic acids is 2. The Bertz CT molecular complexity index is 306. The molecule has 6 heteroatoms. The van der Waals surface area contributed by atoms with Crippen molar-refractivity contribution >= 4 is 11.9 Å². The van der Waals surface area contributed by atoms with Crippen LogP contribution in [0.2, 0.25) is 0 Å². The number of rotatable bonds is 14. The lowest BCUT2D eigenvalue weighted by atomic mass is 10.1. The summed E-state index contributed by atoms with van der Waals surface area (Å²) in [6, 6.07) is 0. The van der Waals surface area contributed by atoms with E-state index in [1.54, 1.807) is 0 Å². The van der Waals surface area contributed by atoms with Crippen molar-refractivity contribution in [2.24, 2.45) is 0 Å². The summed E-state index contributed by atoms with van der Waals surface area (Å²) >= 11 is 0. The van der Waals surface area contributed by atoms with Gasteiger partial charge in [-0.05, 0) is 12.8 Å². The van der Waals surface area contributed by atoms with E-state index in [4.69, 9.17) is 15.3 Å². The minimum Gasteiger partial charge on any atom is -0.481 e. The van der Waals surface area contributed by atoms with Crippen LogP contribution in [0.25, 0.3) is 0 Å². The number of carboxylic acids is 2. The van der Waals surface area contributed by atoms with Gasteiger partial charge in [-0.2, -0.15) is 0 Å². The number of hydrogen-bond acceptors (Lipinski definition) is 4. The maximum absolute atomic E-state index is 10.2. The van der Waals surface area contributed by atoms with Crippen LogP contribution in [0.5, 0.6) is 0 Å². The van der Waals surface area contributed by atoms with Crippen LogP contribution in [0.15, 0.2) is 0 Å². The van der Waals surface area contributed by atoms with Gasteiger partial charge in [0.25, 0.3) is 0 Å². The molecule has 0 aliphatic carbocycles. The van der Waals surface area contributed by atoms with Crippen molar-refractivity contribution in [3.05, 3.63) is 0 Å². The highest BCUT2D eigenvalue weighted by molar-refractivity contribution is 5.67. The van der Waals surface area contributed by atoms with E-state index >= 15 is 0 Å². The summed E-state index contributed by atoms with van der Waals surface area (Å²) < 4.78 is 0. The minimum absolute atomic E-state index is 0.117. The first-order valence-electron chi connectivity index (χ1n) is 9.13. The van der Waals surface area contributed by atoms with E-state index in [-0.39, 0.29) is 12.8 Å². The number of aliphatic hydroxyl groups is 2. The number of aliphatic hydroxyl groups excluding tert-OH is 2. The third kappa shape index (κ3) is 23.1.